The highest BCUT2D eigenvalue weighted by Gasteiger charge is 2.10. The van der Waals surface area contributed by atoms with E-state index in [1.54, 1.807) is 24.5 Å². The molecule has 0 spiro atoms. The van der Waals surface area contributed by atoms with Gasteiger partial charge in [-0.15, -0.1) is 0 Å². The molecular weight excluding hydrogens is 234 g/mol. The van der Waals surface area contributed by atoms with Gasteiger partial charge in [-0.3, -0.25) is 9.97 Å². The molecule has 1 aromatic carbocycles. The van der Waals surface area contributed by atoms with Crippen LogP contribution >= 0.6 is 0 Å². The molecule has 0 aliphatic carbocycles. The third-order valence-corrected chi connectivity index (χ3v) is 3.15. The molecule has 0 saturated carbocycles. The van der Waals surface area contributed by atoms with Crippen LogP contribution < -0.4 is 0 Å². The second-order valence-electron chi connectivity index (χ2n) is 4.34. The largest absolute Gasteiger partial charge is 0.256 e. The van der Waals surface area contributed by atoms with E-state index in [0.717, 1.165) is 22.0 Å². The molecule has 0 bridgehead atoms. The second kappa shape index (κ2) is 4.51. The summed E-state index contributed by atoms with van der Waals surface area (Å²) in [6.07, 6.45) is 3.49. The van der Waals surface area contributed by atoms with Gasteiger partial charge >= 0.3 is 0 Å². The van der Waals surface area contributed by atoms with E-state index in [9.17, 15) is 5.26 Å². The first kappa shape index (κ1) is 11.4. The van der Waals surface area contributed by atoms with Crippen molar-refractivity contribution >= 4 is 10.9 Å². The highest BCUT2D eigenvalue weighted by Crippen LogP contribution is 2.29. The Hall–Kier alpha value is -2.73. The molecule has 3 heteroatoms. The van der Waals surface area contributed by atoms with Crippen molar-refractivity contribution in [2.45, 2.75) is 6.92 Å². The van der Waals surface area contributed by atoms with E-state index >= 15 is 0 Å². The van der Waals surface area contributed by atoms with Gasteiger partial charge in [0.2, 0.25) is 0 Å². The summed E-state index contributed by atoms with van der Waals surface area (Å²) in [6, 6.07) is 13.7. The third-order valence-electron chi connectivity index (χ3n) is 3.15. The van der Waals surface area contributed by atoms with E-state index in [-0.39, 0.29) is 0 Å². The van der Waals surface area contributed by atoms with E-state index in [4.69, 9.17) is 0 Å². The number of nitriles is 1. The van der Waals surface area contributed by atoms with Crippen LogP contribution in [0, 0.1) is 18.3 Å². The summed E-state index contributed by atoms with van der Waals surface area (Å²) in [6.45, 7) is 2.03. The molecule has 0 aliphatic heterocycles. The molecule has 0 unspecified atom stereocenters. The summed E-state index contributed by atoms with van der Waals surface area (Å²) in [7, 11) is 0. The molecule has 2 heterocycles. The number of hydrogen-bond donors (Lipinski definition) is 0. The normalized spacial score (nSPS) is 10.3. The molecule has 0 fully saturated rings. The summed E-state index contributed by atoms with van der Waals surface area (Å²) < 4.78 is 0. The molecule has 0 aliphatic rings. The molecule has 90 valence electrons. The molecule has 3 rings (SSSR count). The molecular formula is C16H11N3. The number of aryl methyl sites for hydroxylation is 1. The smallest absolute Gasteiger partial charge is 0.101 e. The van der Waals surface area contributed by atoms with Gasteiger partial charge in [-0.2, -0.15) is 5.26 Å². The van der Waals surface area contributed by atoms with Crippen LogP contribution in [0.1, 0.15) is 11.1 Å². The lowest BCUT2D eigenvalue weighted by molar-refractivity contribution is 1.30. The van der Waals surface area contributed by atoms with Crippen LogP contribution in [0.5, 0.6) is 0 Å². The maximum atomic E-state index is 9.20. The van der Waals surface area contributed by atoms with E-state index < -0.39 is 0 Å². The van der Waals surface area contributed by atoms with Gasteiger partial charge in [-0.25, -0.2) is 0 Å². The average Bonchev–Trinajstić information content (AvgIpc) is 2.48. The van der Waals surface area contributed by atoms with Crippen molar-refractivity contribution in [1.82, 2.24) is 9.97 Å². The van der Waals surface area contributed by atoms with Crippen molar-refractivity contribution in [3.63, 3.8) is 0 Å². The highest BCUT2D eigenvalue weighted by molar-refractivity contribution is 5.96. The molecule has 2 aromatic heterocycles. The maximum absolute atomic E-state index is 9.20. The first-order chi connectivity index (χ1) is 9.31. The SMILES string of the molecule is Cc1ccc(-c2ncccc2C#N)c2cccnc12. The second-order valence-corrected chi connectivity index (χ2v) is 4.34. The van der Waals surface area contributed by atoms with Gasteiger partial charge in [0.05, 0.1) is 16.8 Å². The monoisotopic (exact) mass is 245 g/mol. The number of fused-ring (bicyclic) bond motifs is 1. The van der Waals surface area contributed by atoms with E-state index in [1.807, 2.05) is 31.2 Å². The predicted molar refractivity (Wildman–Crippen MR) is 74.4 cm³/mol. The van der Waals surface area contributed by atoms with Crippen LogP contribution in [0.25, 0.3) is 22.2 Å². The number of aromatic nitrogens is 2. The Labute approximate surface area is 111 Å². The molecule has 3 aromatic rings. The quantitative estimate of drug-likeness (QED) is 0.659. The van der Waals surface area contributed by atoms with Crippen molar-refractivity contribution in [2.24, 2.45) is 0 Å². The van der Waals surface area contributed by atoms with E-state index in [1.165, 1.54) is 0 Å². The summed E-state index contributed by atoms with van der Waals surface area (Å²) in [5.74, 6) is 0. The van der Waals surface area contributed by atoms with Crippen molar-refractivity contribution in [1.29, 1.82) is 5.26 Å². The van der Waals surface area contributed by atoms with E-state index in [2.05, 4.69) is 16.0 Å². The zero-order chi connectivity index (χ0) is 13.2. The number of rotatable bonds is 1. The van der Waals surface area contributed by atoms with Crippen LogP contribution in [0.3, 0.4) is 0 Å². The summed E-state index contributed by atoms with van der Waals surface area (Å²) in [4.78, 5) is 8.76. The standard InChI is InChI=1S/C16H11N3/c1-11-6-7-14(13-5-3-9-18-15(11)13)16-12(10-17)4-2-8-19-16/h2-9H,1H3. The van der Waals surface area contributed by atoms with Crippen molar-refractivity contribution in [3.05, 3.63) is 59.9 Å². The molecule has 0 atom stereocenters. The Kier molecular flexibility index (Phi) is 2.70. The van der Waals surface area contributed by atoms with Crippen molar-refractivity contribution in [2.75, 3.05) is 0 Å². The highest BCUT2D eigenvalue weighted by atomic mass is 14.7. The molecule has 0 saturated heterocycles. The zero-order valence-corrected chi connectivity index (χ0v) is 10.5. The van der Waals surface area contributed by atoms with Crippen LogP contribution in [-0.2, 0) is 0 Å². The molecule has 19 heavy (non-hydrogen) atoms. The summed E-state index contributed by atoms with van der Waals surface area (Å²) in [5, 5.41) is 10.2. The minimum Gasteiger partial charge on any atom is -0.256 e. The van der Waals surface area contributed by atoms with Crippen LogP contribution in [0.2, 0.25) is 0 Å². The third kappa shape index (κ3) is 1.84. The van der Waals surface area contributed by atoms with Gasteiger partial charge in [0.1, 0.15) is 6.07 Å². The average molecular weight is 245 g/mol. The van der Waals surface area contributed by atoms with Crippen LogP contribution in [0.4, 0.5) is 0 Å². The van der Waals surface area contributed by atoms with Crippen molar-refractivity contribution < 1.29 is 0 Å². The first-order valence-electron chi connectivity index (χ1n) is 6.01. The van der Waals surface area contributed by atoms with Crippen LogP contribution in [0.15, 0.2) is 48.8 Å². The number of pyridine rings is 2. The number of hydrogen-bond acceptors (Lipinski definition) is 3. The van der Waals surface area contributed by atoms with E-state index in [0.29, 0.717) is 11.3 Å². The van der Waals surface area contributed by atoms with Crippen LogP contribution in [-0.4, -0.2) is 9.97 Å². The van der Waals surface area contributed by atoms with Gasteiger partial charge in [0.15, 0.2) is 0 Å². The minimum absolute atomic E-state index is 0.580. The van der Waals surface area contributed by atoms with Crippen molar-refractivity contribution in [3.8, 4) is 17.3 Å². The lowest BCUT2D eigenvalue weighted by atomic mass is 9.99. The topological polar surface area (TPSA) is 49.6 Å². The van der Waals surface area contributed by atoms with Gasteiger partial charge in [0.25, 0.3) is 0 Å². The Morgan fingerprint density at radius 2 is 1.79 bits per heavy atom. The van der Waals surface area contributed by atoms with Gasteiger partial charge in [0, 0.05) is 23.3 Å². The number of nitrogens with zero attached hydrogens (tertiary/aromatic N) is 3. The lowest BCUT2D eigenvalue weighted by Crippen LogP contribution is -1.92. The zero-order valence-electron chi connectivity index (χ0n) is 10.5. The Bertz CT molecular complexity index is 800. The molecule has 0 N–H and O–H groups in total. The van der Waals surface area contributed by atoms with Gasteiger partial charge in [-0.1, -0.05) is 18.2 Å². The lowest BCUT2D eigenvalue weighted by Gasteiger charge is -2.08. The summed E-state index contributed by atoms with van der Waals surface area (Å²) >= 11 is 0. The fourth-order valence-corrected chi connectivity index (χ4v) is 2.23. The molecule has 0 amide bonds. The first-order valence-corrected chi connectivity index (χ1v) is 6.01. The van der Waals surface area contributed by atoms with Gasteiger partial charge in [-0.05, 0) is 30.7 Å². The predicted octanol–water partition coefficient (Wildman–Crippen LogP) is 3.48. The summed E-state index contributed by atoms with van der Waals surface area (Å²) in [5.41, 5.74) is 4.31. The maximum Gasteiger partial charge on any atom is 0.101 e. The van der Waals surface area contributed by atoms with Gasteiger partial charge < -0.3 is 0 Å². The Balaban J connectivity index is 2.39. The Morgan fingerprint density at radius 1 is 1.00 bits per heavy atom. The Morgan fingerprint density at radius 3 is 2.63 bits per heavy atom. The molecule has 0 radical (unpaired) electrons. The molecule has 3 nitrogen and oxygen atoms in total. The minimum atomic E-state index is 0.580. The number of benzene rings is 1. The fraction of sp³-hybridized carbons (Fsp3) is 0.0625. The fourth-order valence-electron chi connectivity index (χ4n) is 2.23.